The summed E-state index contributed by atoms with van der Waals surface area (Å²) in [4.78, 5) is 28.4. The second-order valence-electron chi connectivity index (χ2n) is 9.74. The molecule has 35 heavy (non-hydrogen) atoms. The van der Waals surface area contributed by atoms with Gasteiger partial charge in [0.05, 0.1) is 11.9 Å². The number of nitrogens with zero attached hydrogens (tertiary/aromatic N) is 2. The summed E-state index contributed by atoms with van der Waals surface area (Å²) in [6.07, 6.45) is 2.69. The van der Waals surface area contributed by atoms with Crippen LogP contribution in [-0.4, -0.2) is 56.1 Å². The molecule has 192 valence electrons. The van der Waals surface area contributed by atoms with E-state index in [1.54, 1.807) is 12.1 Å². The predicted octanol–water partition coefficient (Wildman–Crippen LogP) is 3.78. The number of benzene rings is 2. The largest absolute Gasteiger partial charge is 0.350 e. The van der Waals surface area contributed by atoms with Crippen LogP contribution in [0, 0.1) is 0 Å². The highest BCUT2D eigenvalue weighted by atomic mass is 32.2. The van der Waals surface area contributed by atoms with Crippen molar-refractivity contribution in [3.63, 3.8) is 0 Å². The fraction of sp³-hybridized carbons (Fsp3) is 0.481. The maximum absolute atomic E-state index is 13.7. The van der Waals surface area contributed by atoms with Gasteiger partial charge in [-0.1, -0.05) is 62.4 Å². The minimum absolute atomic E-state index is 0.249. The molecule has 0 saturated heterocycles. The standard InChI is InChI=1S/C27H39N3O4S/c1-7-22-16-12-13-17-24(22)30(35(6,33)34)20-25(31)29(19-18-21-14-10-9-11-15-21)23(8-2)26(32)28-27(3,4)5/h9-17,23H,7-8,18-20H2,1-6H3,(H,28,32)/t23-/m0/s1. The Morgan fingerprint density at radius 2 is 1.57 bits per heavy atom. The van der Waals surface area contributed by atoms with Crippen molar-refractivity contribution in [1.82, 2.24) is 10.2 Å². The first-order valence-electron chi connectivity index (χ1n) is 12.1. The lowest BCUT2D eigenvalue weighted by atomic mass is 10.1. The van der Waals surface area contributed by atoms with Crippen molar-refractivity contribution in [3.05, 3.63) is 65.7 Å². The molecule has 1 N–H and O–H groups in total. The minimum atomic E-state index is -3.74. The fourth-order valence-corrected chi connectivity index (χ4v) is 4.88. The lowest BCUT2D eigenvalue weighted by molar-refractivity contribution is -0.140. The van der Waals surface area contributed by atoms with Crippen LogP contribution in [0.5, 0.6) is 0 Å². The van der Waals surface area contributed by atoms with E-state index in [1.807, 2.05) is 77.1 Å². The number of nitrogens with one attached hydrogen (secondary N) is 1. The third-order valence-electron chi connectivity index (χ3n) is 5.69. The number of para-hydroxylation sites is 1. The van der Waals surface area contributed by atoms with Crippen LogP contribution in [0.15, 0.2) is 54.6 Å². The van der Waals surface area contributed by atoms with Gasteiger partial charge in [0.1, 0.15) is 12.6 Å². The molecule has 2 amide bonds. The number of carbonyl (C=O) groups is 2. The summed E-state index contributed by atoms with van der Waals surface area (Å²) in [5.41, 5.74) is 1.89. The van der Waals surface area contributed by atoms with Crippen LogP contribution in [0.2, 0.25) is 0 Å². The molecule has 0 aliphatic carbocycles. The van der Waals surface area contributed by atoms with Crippen molar-refractivity contribution in [2.75, 3.05) is 23.7 Å². The van der Waals surface area contributed by atoms with E-state index in [1.165, 1.54) is 4.90 Å². The van der Waals surface area contributed by atoms with E-state index in [9.17, 15) is 18.0 Å². The average Bonchev–Trinajstić information content (AvgIpc) is 2.78. The Hall–Kier alpha value is -2.87. The van der Waals surface area contributed by atoms with Crippen molar-refractivity contribution in [2.45, 2.75) is 65.5 Å². The van der Waals surface area contributed by atoms with E-state index < -0.39 is 27.5 Å². The second kappa shape index (κ2) is 12.2. The van der Waals surface area contributed by atoms with Crippen molar-refractivity contribution in [2.24, 2.45) is 0 Å². The van der Waals surface area contributed by atoms with E-state index >= 15 is 0 Å². The van der Waals surface area contributed by atoms with E-state index in [-0.39, 0.29) is 12.5 Å². The number of hydrogen-bond acceptors (Lipinski definition) is 4. The van der Waals surface area contributed by atoms with Gasteiger partial charge in [-0.2, -0.15) is 0 Å². The van der Waals surface area contributed by atoms with Gasteiger partial charge in [0, 0.05) is 12.1 Å². The first kappa shape index (κ1) is 28.4. The molecule has 2 aromatic carbocycles. The SMILES string of the molecule is CCc1ccccc1N(CC(=O)N(CCc1ccccc1)[C@@H](CC)C(=O)NC(C)(C)C)S(C)(=O)=O. The highest BCUT2D eigenvalue weighted by Crippen LogP contribution is 2.24. The molecule has 0 heterocycles. The van der Waals surface area contributed by atoms with Gasteiger partial charge in [-0.15, -0.1) is 0 Å². The molecule has 0 unspecified atom stereocenters. The zero-order valence-corrected chi connectivity index (χ0v) is 22.6. The summed E-state index contributed by atoms with van der Waals surface area (Å²) < 4.78 is 26.7. The summed E-state index contributed by atoms with van der Waals surface area (Å²) in [6, 6.07) is 16.2. The van der Waals surface area contributed by atoms with Gasteiger partial charge in [-0.05, 0) is 57.2 Å². The molecule has 0 aliphatic rings. The molecule has 7 nitrogen and oxygen atoms in total. The van der Waals surface area contributed by atoms with Crippen LogP contribution in [0.4, 0.5) is 5.69 Å². The second-order valence-corrected chi connectivity index (χ2v) is 11.6. The fourth-order valence-electron chi connectivity index (χ4n) is 4.00. The number of sulfonamides is 1. The number of anilines is 1. The Morgan fingerprint density at radius 1 is 0.971 bits per heavy atom. The molecule has 2 aromatic rings. The van der Waals surface area contributed by atoms with Crippen LogP contribution in [0.1, 0.15) is 52.2 Å². The maximum atomic E-state index is 13.7. The Labute approximate surface area is 210 Å². The van der Waals surface area contributed by atoms with Crippen molar-refractivity contribution < 1.29 is 18.0 Å². The number of amides is 2. The predicted molar refractivity (Wildman–Crippen MR) is 142 cm³/mol. The van der Waals surface area contributed by atoms with Gasteiger partial charge < -0.3 is 10.2 Å². The number of hydrogen-bond donors (Lipinski definition) is 1. The summed E-state index contributed by atoms with van der Waals surface area (Å²) in [7, 11) is -3.74. The van der Waals surface area contributed by atoms with Crippen LogP contribution in [-0.2, 0) is 32.5 Å². The zero-order chi connectivity index (χ0) is 26.2. The van der Waals surface area contributed by atoms with Crippen LogP contribution >= 0.6 is 0 Å². The maximum Gasteiger partial charge on any atom is 0.244 e. The van der Waals surface area contributed by atoms with E-state index in [0.717, 1.165) is 21.7 Å². The normalized spacial score (nSPS) is 12.6. The molecule has 2 rings (SSSR count). The third kappa shape index (κ3) is 8.38. The lowest BCUT2D eigenvalue weighted by Crippen LogP contribution is -2.56. The van der Waals surface area contributed by atoms with Crippen molar-refractivity contribution in [1.29, 1.82) is 0 Å². The minimum Gasteiger partial charge on any atom is -0.350 e. The topological polar surface area (TPSA) is 86.8 Å². The van der Waals surface area contributed by atoms with E-state index in [0.29, 0.717) is 31.5 Å². The number of carbonyl (C=O) groups excluding carboxylic acids is 2. The van der Waals surface area contributed by atoms with Gasteiger partial charge in [0.2, 0.25) is 21.8 Å². The smallest absolute Gasteiger partial charge is 0.244 e. The van der Waals surface area contributed by atoms with Gasteiger partial charge in [0.25, 0.3) is 0 Å². The van der Waals surface area contributed by atoms with E-state index in [2.05, 4.69) is 5.32 Å². The Morgan fingerprint density at radius 3 is 2.11 bits per heavy atom. The Balaban J connectivity index is 2.42. The summed E-state index contributed by atoms with van der Waals surface area (Å²) in [5, 5.41) is 2.97. The lowest BCUT2D eigenvalue weighted by Gasteiger charge is -2.34. The monoisotopic (exact) mass is 501 g/mol. The van der Waals surface area contributed by atoms with Crippen molar-refractivity contribution in [3.8, 4) is 0 Å². The summed E-state index contributed by atoms with van der Waals surface area (Å²) >= 11 is 0. The number of aryl methyl sites for hydroxylation is 1. The number of rotatable bonds is 11. The Kier molecular flexibility index (Phi) is 9.89. The van der Waals surface area contributed by atoms with Gasteiger partial charge >= 0.3 is 0 Å². The highest BCUT2D eigenvalue weighted by Gasteiger charge is 2.33. The van der Waals surface area contributed by atoms with Crippen LogP contribution in [0.25, 0.3) is 0 Å². The zero-order valence-electron chi connectivity index (χ0n) is 21.7. The molecule has 8 heteroatoms. The quantitative estimate of drug-likeness (QED) is 0.508. The van der Waals surface area contributed by atoms with Gasteiger partial charge in [-0.3, -0.25) is 13.9 Å². The van der Waals surface area contributed by atoms with Gasteiger partial charge in [-0.25, -0.2) is 8.42 Å². The molecular formula is C27H39N3O4S. The van der Waals surface area contributed by atoms with Crippen LogP contribution < -0.4 is 9.62 Å². The molecule has 1 atom stereocenters. The summed E-state index contributed by atoms with van der Waals surface area (Å²) in [6.45, 7) is 9.39. The first-order chi connectivity index (χ1) is 16.4. The molecule has 0 fully saturated rings. The Bertz CT molecular complexity index is 1090. The third-order valence-corrected chi connectivity index (χ3v) is 6.82. The molecule has 0 saturated carbocycles. The average molecular weight is 502 g/mol. The molecule has 0 aromatic heterocycles. The molecule has 0 radical (unpaired) electrons. The molecule has 0 bridgehead atoms. The van der Waals surface area contributed by atoms with Gasteiger partial charge in [0.15, 0.2) is 0 Å². The van der Waals surface area contributed by atoms with E-state index in [4.69, 9.17) is 0 Å². The molecule has 0 aliphatic heterocycles. The van der Waals surface area contributed by atoms with Crippen molar-refractivity contribution >= 4 is 27.5 Å². The summed E-state index contributed by atoms with van der Waals surface area (Å²) in [5.74, 6) is -0.658. The molecular weight excluding hydrogens is 462 g/mol. The highest BCUT2D eigenvalue weighted by molar-refractivity contribution is 7.92. The van der Waals surface area contributed by atoms with Crippen LogP contribution in [0.3, 0.4) is 0 Å². The first-order valence-corrected chi connectivity index (χ1v) is 13.9. The molecule has 0 spiro atoms.